The van der Waals surface area contributed by atoms with E-state index in [4.69, 9.17) is 0 Å². The van der Waals surface area contributed by atoms with E-state index in [0.29, 0.717) is 6.54 Å². The third-order valence-corrected chi connectivity index (χ3v) is 4.64. The zero-order valence-corrected chi connectivity index (χ0v) is 14.8. The van der Waals surface area contributed by atoms with Gasteiger partial charge in [-0.1, -0.05) is 12.1 Å². The molecule has 2 N–H and O–H groups in total. The number of amides is 2. The van der Waals surface area contributed by atoms with Gasteiger partial charge in [-0.3, -0.25) is 4.98 Å². The molecule has 2 amide bonds. The molecule has 3 rings (SSSR count). The molecule has 138 valence electrons. The molecule has 0 radical (unpaired) electrons. The Labute approximate surface area is 153 Å². The summed E-state index contributed by atoms with van der Waals surface area (Å²) < 4.78 is 13.2. The van der Waals surface area contributed by atoms with Gasteiger partial charge in [-0.15, -0.1) is 0 Å². The average Bonchev–Trinajstić information content (AvgIpc) is 2.69. The topological polar surface area (TPSA) is 57.3 Å². The van der Waals surface area contributed by atoms with Gasteiger partial charge < -0.3 is 15.5 Å². The Hall–Kier alpha value is -2.63. The Morgan fingerprint density at radius 1 is 1.19 bits per heavy atom. The summed E-state index contributed by atoms with van der Waals surface area (Å²) in [4.78, 5) is 18.5. The smallest absolute Gasteiger partial charge is 0.317 e. The second-order valence-corrected chi connectivity index (χ2v) is 6.51. The third kappa shape index (κ3) is 4.94. The van der Waals surface area contributed by atoms with Crippen molar-refractivity contribution in [2.75, 3.05) is 25.0 Å². The Balaban J connectivity index is 1.46. The van der Waals surface area contributed by atoms with Crippen LogP contribution in [0.15, 0.2) is 48.8 Å². The van der Waals surface area contributed by atoms with E-state index in [0.717, 1.165) is 50.0 Å². The number of likely N-dealkylation sites (tertiary alicyclic amines) is 1. The highest BCUT2D eigenvalue weighted by Gasteiger charge is 2.27. The molecule has 0 unspecified atom stereocenters. The SMILES string of the molecule is O=C(NCCCNc1cccnc1)N1CCCC[C@H]1c1ccc(F)cc1. The van der Waals surface area contributed by atoms with Crippen molar-refractivity contribution in [3.05, 3.63) is 60.2 Å². The second-order valence-electron chi connectivity index (χ2n) is 6.51. The van der Waals surface area contributed by atoms with Gasteiger partial charge in [0.2, 0.25) is 0 Å². The van der Waals surface area contributed by atoms with Crippen LogP contribution >= 0.6 is 0 Å². The number of hydrogen-bond donors (Lipinski definition) is 2. The van der Waals surface area contributed by atoms with Gasteiger partial charge in [0.15, 0.2) is 0 Å². The summed E-state index contributed by atoms with van der Waals surface area (Å²) in [5, 5.41) is 6.28. The highest BCUT2D eigenvalue weighted by Crippen LogP contribution is 2.30. The quantitative estimate of drug-likeness (QED) is 0.770. The van der Waals surface area contributed by atoms with Gasteiger partial charge in [0.1, 0.15) is 5.82 Å². The molecule has 0 saturated carbocycles. The molecule has 0 bridgehead atoms. The molecule has 26 heavy (non-hydrogen) atoms. The molecule has 1 aromatic heterocycles. The summed E-state index contributed by atoms with van der Waals surface area (Å²) in [6.45, 7) is 2.12. The summed E-state index contributed by atoms with van der Waals surface area (Å²) in [5.74, 6) is -0.248. The standard InChI is InChI=1S/C20H25FN4O/c21-17-9-7-16(8-10-17)19-6-1-2-14-25(19)20(26)24-13-4-12-23-18-5-3-11-22-15-18/h3,5,7-11,15,19,23H,1-2,4,6,12-14H2,(H,24,26)/t19-/m0/s1. The molecule has 1 fully saturated rings. The maximum absolute atomic E-state index is 13.2. The normalized spacial score (nSPS) is 17.0. The van der Waals surface area contributed by atoms with E-state index < -0.39 is 0 Å². The molecule has 2 heterocycles. The number of benzene rings is 1. The number of carbonyl (C=O) groups excluding carboxylic acids is 1. The highest BCUT2D eigenvalue weighted by atomic mass is 19.1. The lowest BCUT2D eigenvalue weighted by Gasteiger charge is -2.36. The largest absolute Gasteiger partial charge is 0.384 e. The van der Waals surface area contributed by atoms with Gasteiger partial charge in [-0.05, 0) is 55.5 Å². The molecule has 1 atom stereocenters. The zero-order chi connectivity index (χ0) is 18.2. The van der Waals surface area contributed by atoms with E-state index in [9.17, 15) is 9.18 Å². The number of pyridine rings is 1. The number of rotatable bonds is 6. The molecule has 0 spiro atoms. The molecular weight excluding hydrogens is 331 g/mol. The van der Waals surface area contributed by atoms with Crippen LogP contribution in [0.1, 0.15) is 37.3 Å². The van der Waals surface area contributed by atoms with Crippen LogP contribution in [0.4, 0.5) is 14.9 Å². The van der Waals surface area contributed by atoms with Crippen molar-refractivity contribution in [1.82, 2.24) is 15.2 Å². The van der Waals surface area contributed by atoms with Crippen molar-refractivity contribution in [3.63, 3.8) is 0 Å². The van der Waals surface area contributed by atoms with Gasteiger partial charge in [0, 0.05) is 32.0 Å². The van der Waals surface area contributed by atoms with Crippen molar-refractivity contribution in [2.24, 2.45) is 0 Å². The van der Waals surface area contributed by atoms with Crippen molar-refractivity contribution in [2.45, 2.75) is 31.7 Å². The van der Waals surface area contributed by atoms with E-state index >= 15 is 0 Å². The molecule has 1 saturated heterocycles. The van der Waals surface area contributed by atoms with Crippen LogP contribution in [0.5, 0.6) is 0 Å². The minimum Gasteiger partial charge on any atom is -0.384 e. The van der Waals surface area contributed by atoms with Crippen LogP contribution in [-0.2, 0) is 0 Å². The monoisotopic (exact) mass is 356 g/mol. The van der Waals surface area contributed by atoms with Crippen LogP contribution in [0.25, 0.3) is 0 Å². The summed E-state index contributed by atoms with van der Waals surface area (Å²) in [6, 6.07) is 10.3. The Morgan fingerprint density at radius 2 is 2.04 bits per heavy atom. The fraction of sp³-hybridized carbons (Fsp3) is 0.400. The van der Waals surface area contributed by atoms with E-state index in [1.165, 1.54) is 12.1 Å². The minimum absolute atomic E-state index is 0.0258. The first-order valence-corrected chi connectivity index (χ1v) is 9.18. The first-order valence-electron chi connectivity index (χ1n) is 9.18. The van der Waals surface area contributed by atoms with E-state index in [2.05, 4.69) is 15.6 Å². The number of urea groups is 1. The molecular formula is C20H25FN4O. The number of hydrogen-bond acceptors (Lipinski definition) is 3. The number of piperidine rings is 1. The zero-order valence-electron chi connectivity index (χ0n) is 14.8. The Kier molecular flexibility index (Phi) is 6.41. The van der Waals surface area contributed by atoms with E-state index in [-0.39, 0.29) is 17.9 Å². The molecule has 0 aliphatic carbocycles. The lowest BCUT2D eigenvalue weighted by atomic mass is 9.95. The lowest BCUT2D eigenvalue weighted by Crippen LogP contribution is -2.45. The minimum atomic E-state index is -0.248. The summed E-state index contributed by atoms with van der Waals surface area (Å²) in [7, 11) is 0. The maximum Gasteiger partial charge on any atom is 0.317 e. The third-order valence-electron chi connectivity index (χ3n) is 4.64. The first kappa shape index (κ1) is 18.2. The number of halogens is 1. The lowest BCUT2D eigenvalue weighted by molar-refractivity contribution is 0.151. The number of aromatic nitrogens is 1. The summed E-state index contributed by atoms with van der Waals surface area (Å²) in [6.07, 6.45) is 7.35. The van der Waals surface area contributed by atoms with Crippen molar-refractivity contribution in [1.29, 1.82) is 0 Å². The maximum atomic E-state index is 13.2. The van der Waals surface area contributed by atoms with Gasteiger partial charge >= 0.3 is 6.03 Å². The first-order chi connectivity index (χ1) is 12.7. The van der Waals surface area contributed by atoms with Gasteiger partial charge in [0.05, 0.1) is 11.7 Å². The van der Waals surface area contributed by atoms with E-state index in [1.54, 1.807) is 24.5 Å². The van der Waals surface area contributed by atoms with Crippen LogP contribution in [0.3, 0.4) is 0 Å². The van der Waals surface area contributed by atoms with Crippen molar-refractivity contribution in [3.8, 4) is 0 Å². The van der Waals surface area contributed by atoms with Crippen molar-refractivity contribution >= 4 is 11.7 Å². The molecule has 6 heteroatoms. The van der Waals surface area contributed by atoms with Gasteiger partial charge in [0.25, 0.3) is 0 Å². The Bertz CT molecular complexity index is 693. The average molecular weight is 356 g/mol. The number of carbonyl (C=O) groups is 1. The van der Waals surface area contributed by atoms with Crippen molar-refractivity contribution < 1.29 is 9.18 Å². The van der Waals surface area contributed by atoms with Crippen LogP contribution in [-0.4, -0.2) is 35.5 Å². The number of nitrogens with zero attached hydrogens (tertiary/aromatic N) is 2. The molecule has 2 aromatic rings. The van der Waals surface area contributed by atoms with E-state index in [1.807, 2.05) is 17.0 Å². The number of nitrogens with one attached hydrogen (secondary N) is 2. The molecule has 1 aliphatic heterocycles. The molecule has 1 aromatic carbocycles. The fourth-order valence-corrected chi connectivity index (χ4v) is 3.29. The van der Waals surface area contributed by atoms with Crippen LogP contribution in [0.2, 0.25) is 0 Å². The van der Waals surface area contributed by atoms with Gasteiger partial charge in [-0.25, -0.2) is 9.18 Å². The predicted molar refractivity (Wildman–Crippen MR) is 100 cm³/mol. The molecule has 1 aliphatic rings. The number of anilines is 1. The van der Waals surface area contributed by atoms with Crippen LogP contribution < -0.4 is 10.6 Å². The summed E-state index contributed by atoms with van der Waals surface area (Å²) >= 11 is 0. The van der Waals surface area contributed by atoms with Gasteiger partial charge in [-0.2, -0.15) is 0 Å². The summed E-state index contributed by atoms with van der Waals surface area (Å²) in [5.41, 5.74) is 1.98. The second kappa shape index (κ2) is 9.17. The fourth-order valence-electron chi connectivity index (χ4n) is 3.29. The van der Waals surface area contributed by atoms with Crippen LogP contribution in [0, 0.1) is 5.82 Å². The Morgan fingerprint density at radius 3 is 2.81 bits per heavy atom. The highest BCUT2D eigenvalue weighted by molar-refractivity contribution is 5.74. The molecule has 5 nitrogen and oxygen atoms in total. The predicted octanol–water partition coefficient (Wildman–Crippen LogP) is 3.96.